The summed E-state index contributed by atoms with van der Waals surface area (Å²) in [6.45, 7) is 2.75. The van der Waals surface area contributed by atoms with Crippen LogP contribution in [0, 0.1) is 16.0 Å². The Labute approximate surface area is 107 Å². The van der Waals surface area contributed by atoms with E-state index in [1.165, 1.54) is 38.2 Å². The van der Waals surface area contributed by atoms with Gasteiger partial charge >= 0.3 is 5.88 Å². The number of nitro groups is 1. The molecule has 0 aromatic carbocycles. The maximum atomic E-state index is 10.5. The fourth-order valence-electron chi connectivity index (χ4n) is 2.62. The molecule has 1 N–H and O–H groups in total. The van der Waals surface area contributed by atoms with Gasteiger partial charge in [0.15, 0.2) is 0 Å². The Hall–Kier alpha value is -1.36. The Morgan fingerprint density at radius 1 is 1.44 bits per heavy atom. The standard InChI is InChI=1S/C13H20N2O3/c1-10(11-5-3-2-4-6-11)14-9-12-7-8-13(18-12)15(16)17/h7-8,10-11,14H,2-6,9H2,1H3/t10-/m1/s1. The van der Waals surface area contributed by atoms with Crippen molar-refractivity contribution in [2.75, 3.05) is 0 Å². The summed E-state index contributed by atoms with van der Waals surface area (Å²) in [5, 5.41) is 13.9. The summed E-state index contributed by atoms with van der Waals surface area (Å²) >= 11 is 0. The normalized spacial score (nSPS) is 18.7. The molecule has 1 aliphatic rings. The van der Waals surface area contributed by atoms with Crippen LogP contribution in [-0.4, -0.2) is 11.0 Å². The van der Waals surface area contributed by atoms with Crippen LogP contribution < -0.4 is 5.32 Å². The van der Waals surface area contributed by atoms with Crippen molar-refractivity contribution >= 4 is 5.88 Å². The number of rotatable bonds is 5. The molecular formula is C13H20N2O3. The zero-order valence-corrected chi connectivity index (χ0v) is 10.7. The monoisotopic (exact) mass is 252 g/mol. The first-order valence-corrected chi connectivity index (χ1v) is 6.63. The maximum Gasteiger partial charge on any atom is 0.433 e. The highest BCUT2D eigenvalue weighted by atomic mass is 16.6. The summed E-state index contributed by atoms with van der Waals surface area (Å²) < 4.78 is 5.12. The summed E-state index contributed by atoms with van der Waals surface area (Å²) in [6, 6.07) is 3.51. The third kappa shape index (κ3) is 3.32. The van der Waals surface area contributed by atoms with E-state index in [0.717, 1.165) is 5.92 Å². The van der Waals surface area contributed by atoms with Gasteiger partial charge in [-0.1, -0.05) is 19.3 Å². The molecule has 0 unspecified atom stereocenters. The van der Waals surface area contributed by atoms with Gasteiger partial charge in [-0.3, -0.25) is 10.1 Å². The van der Waals surface area contributed by atoms with Crippen LogP contribution in [0.1, 0.15) is 44.8 Å². The lowest BCUT2D eigenvalue weighted by atomic mass is 9.84. The number of nitrogens with one attached hydrogen (secondary N) is 1. The van der Waals surface area contributed by atoms with Crippen LogP contribution in [0.5, 0.6) is 0 Å². The van der Waals surface area contributed by atoms with E-state index in [1.807, 2.05) is 0 Å². The van der Waals surface area contributed by atoms with E-state index in [-0.39, 0.29) is 5.88 Å². The van der Waals surface area contributed by atoms with Crippen molar-refractivity contribution in [2.45, 2.75) is 51.6 Å². The zero-order valence-electron chi connectivity index (χ0n) is 10.7. The summed E-state index contributed by atoms with van der Waals surface area (Å²) in [5.74, 6) is 1.17. The first-order chi connectivity index (χ1) is 8.66. The molecule has 0 radical (unpaired) electrons. The third-order valence-electron chi connectivity index (χ3n) is 3.78. The molecule has 0 spiro atoms. The minimum absolute atomic E-state index is 0.183. The molecule has 18 heavy (non-hydrogen) atoms. The van der Waals surface area contributed by atoms with Gasteiger partial charge in [-0.05, 0) is 31.7 Å². The average molecular weight is 252 g/mol. The van der Waals surface area contributed by atoms with Crippen molar-refractivity contribution in [3.05, 3.63) is 28.0 Å². The minimum atomic E-state index is -0.506. The third-order valence-corrected chi connectivity index (χ3v) is 3.78. The molecule has 1 heterocycles. The van der Waals surface area contributed by atoms with Gasteiger partial charge in [0.2, 0.25) is 0 Å². The molecule has 0 bridgehead atoms. The van der Waals surface area contributed by atoms with Gasteiger partial charge in [0.25, 0.3) is 0 Å². The quantitative estimate of drug-likeness (QED) is 0.645. The van der Waals surface area contributed by atoms with Crippen LogP contribution in [0.25, 0.3) is 0 Å². The summed E-state index contributed by atoms with van der Waals surface area (Å²) in [4.78, 5) is 9.99. The molecule has 0 saturated heterocycles. The molecule has 1 aliphatic carbocycles. The van der Waals surface area contributed by atoms with Gasteiger partial charge < -0.3 is 9.73 Å². The number of hydrogen-bond acceptors (Lipinski definition) is 4. The second-order valence-corrected chi connectivity index (χ2v) is 5.06. The van der Waals surface area contributed by atoms with E-state index in [2.05, 4.69) is 12.2 Å². The number of furan rings is 1. The lowest BCUT2D eigenvalue weighted by molar-refractivity contribution is -0.402. The molecule has 1 fully saturated rings. The van der Waals surface area contributed by atoms with Gasteiger partial charge in [-0.25, -0.2) is 0 Å². The highest BCUT2D eigenvalue weighted by molar-refractivity contribution is 5.17. The Morgan fingerprint density at radius 3 is 2.78 bits per heavy atom. The minimum Gasteiger partial charge on any atom is -0.404 e. The van der Waals surface area contributed by atoms with E-state index < -0.39 is 4.92 Å². The predicted molar refractivity (Wildman–Crippen MR) is 68.2 cm³/mol. The first kappa shape index (κ1) is 13.1. The fourth-order valence-corrected chi connectivity index (χ4v) is 2.62. The Morgan fingerprint density at radius 2 is 2.17 bits per heavy atom. The smallest absolute Gasteiger partial charge is 0.404 e. The number of hydrogen-bond donors (Lipinski definition) is 1. The molecular weight excluding hydrogens is 232 g/mol. The van der Waals surface area contributed by atoms with Crippen LogP contribution >= 0.6 is 0 Å². The second kappa shape index (κ2) is 6.00. The SMILES string of the molecule is C[C@@H](NCc1ccc([N+](=O)[O-])o1)C1CCCCC1. The average Bonchev–Trinajstić information content (AvgIpc) is 2.86. The van der Waals surface area contributed by atoms with Gasteiger partial charge in [-0.2, -0.15) is 0 Å². The molecule has 1 atom stereocenters. The molecule has 0 aliphatic heterocycles. The molecule has 1 saturated carbocycles. The molecule has 1 aromatic heterocycles. The Bertz CT molecular complexity index is 397. The molecule has 2 rings (SSSR count). The summed E-state index contributed by atoms with van der Waals surface area (Å²) in [6.07, 6.45) is 6.57. The number of nitrogens with zero attached hydrogens (tertiary/aromatic N) is 1. The van der Waals surface area contributed by atoms with Crippen LogP contribution in [0.2, 0.25) is 0 Å². The van der Waals surface area contributed by atoms with Crippen molar-refractivity contribution < 1.29 is 9.34 Å². The highest BCUT2D eigenvalue weighted by Crippen LogP contribution is 2.26. The van der Waals surface area contributed by atoms with E-state index in [4.69, 9.17) is 4.42 Å². The molecule has 0 amide bonds. The van der Waals surface area contributed by atoms with Crippen LogP contribution in [0.3, 0.4) is 0 Å². The van der Waals surface area contributed by atoms with E-state index >= 15 is 0 Å². The van der Waals surface area contributed by atoms with Crippen molar-refractivity contribution in [3.63, 3.8) is 0 Å². The summed E-state index contributed by atoms with van der Waals surface area (Å²) in [7, 11) is 0. The Balaban J connectivity index is 1.80. The molecule has 5 nitrogen and oxygen atoms in total. The molecule has 100 valence electrons. The first-order valence-electron chi connectivity index (χ1n) is 6.63. The maximum absolute atomic E-state index is 10.5. The molecule has 5 heteroatoms. The highest BCUT2D eigenvalue weighted by Gasteiger charge is 2.20. The van der Waals surface area contributed by atoms with Gasteiger partial charge in [0, 0.05) is 6.04 Å². The summed E-state index contributed by atoms with van der Waals surface area (Å²) in [5.41, 5.74) is 0. The van der Waals surface area contributed by atoms with Crippen LogP contribution in [-0.2, 0) is 6.54 Å². The Kier molecular flexibility index (Phi) is 4.36. The van der Waals surface area contributed by atoms with Crippen molar-refractivity contribution in [1.29, 1.82) is 0 Å². The van der Waals surface area contributed by atoms with E-state index in [0.29, 0.717) is 18.3 Å². The lowest BCUT2D eigenvalue weighted by Gasteiger charge is -2.28. The van der Waals surface area contributed by atoms with Crippen molar-refractivity contribution in [3.8, 4) is 0 Å². The van der Waals surface area contributed by atoms with Crippen LogP contribution in [0.4, 0.5) is 5.88 Å². The van der Waals surface area contributed by atoms with Crippen molar-refractivity contribution in [2.24, 2.45) is 5.92 Å². The molecule has 1 aromatic rings. The topological polar surface area (TPSA) is 68.3 Å². The zero-order chi connectivity index (χ0) is 13.0. The van der Waals surface area contributed by atoms with Crippen molar-refractivity contribution in [1.82, 2.24) is 5.32 Å². The largest absolute Gasteiger partial charge is 0.433 e. The van der Waals surface area contributed by atoms with Crippen LogP contribution in [0.15, 0.2) is 16.5 Å². The lowest BCUT2D eigenvalue weighted by Crippen LogP contribution is -2.34. The predicted octanol–water partition coefficient (Wildman–Crippen LogP) is 3.25. The van der Waals surface area contributed by atoms with Gasteiger partial charge in [-0.15, -0.1) is 0 Å². The fraction of sp³-hybridized carbons (Fsp3) is 0.692. The van der Waals surface area contributed by atoms with E-state index in [1.54, 1.807) is 6.07 Å². The van der Waals surface area contributed by atoms with E-state index in [9.17, 15) is 10.1 Å². The van der Waals surface area contributed by atoms with Gasteiger partial charge in [0.05, 0.1) is 12.6 Å². The van der Waals surface area contributed by atoms with Gasteiger partial charge in [0.1, 0.15) is 10.7 Å². The second-order valence-electron chi connectivity index (χ2n) is 5.06.